The highest BCUT2D eigenvalue weighted by Gasteiger charge is 2.28. The molecule has 1 saturated heterocycles. The first-order chi connectivity index (χ1) is 11.0. The van der Waals surface area contributed by atoms with E-state index in [9.17, 15) is 0 Å². The van der Waals surface area contributed by atoms with Gasteiger partial charge in [-0.25, -0.2) is 4.98 Å². The molecule has 1 aliphatic rings. The molecular formula is C15H22ClN5O2. The molecule has 2 N–H and O–H groups in total. The molecule has 2 aromatic rings. The zero-order valence-electron chi connectivity index (χ0n) is 13.5. The minimum atomic E-state index is -0.607. The lowest BCUT2D eigenvalue weighted by atomic mass is 10.1. The highest BCUT2D eigenvalue weighted by atomic mass is 35.5. The van der Waals surface area contributed by atoms with E-state index in [1.54, 1.807) is 0 Å². The van der Waals surface area contributed by atoms with Gasteiger partial charge in [-0.15, -0.1) is 0 Å². The summed E-state index contributed by atoms with van der Waals surface area (Å²) in [4.78, 5) is 18.7. The van der Waals surface area contributed by atoms with E-state index in [4.69, 9.17) is 21.4 Å². The van der Waals surface area contributed by atoms with Gasteiger partial charge in [-0.3, -0.25) is 0 Å². The molecule has 7 nitrogen and oxygen atoms in total. The first-order valence-corrected chi connectivity index (χ1v) is 8.32. The van der Waals surface area contributed by atoms with Crippen LogP contribution in [0.25, 0.3) is 11.2 Å². The number of H-pyrrole nitrogens is 1. The number of anilines is 1. The molecule has 3 rings (SSSR count). The number of aromatic nitrogens is 4. The van der Waals surface area contributed by atoms with E-state index in [0.29, 0.717) is 24.5 Å². The number of nitrogens with one attached hydrogen (secondary N) is 1. The number of rotatable bonds is 6. The molecule has 126 valence electrons. The summed E-state index contributed by atoms with van der Waals surface area (Å²) in [6, 6.07) is 0. The summed E-state index contributed by atoms with van der Waals surface area (Å²) >= 11 is 6.07. The minimum absolute atomic E-state index is 0.108. The zero-order valence-corrected chi connectivity index (χ0v) is 14.2. The summed E-state index contributed by atoms with van der Waals surface area (Å²) in [5, 5.41) is 9.11. The van der Waals surface area contributed by atoms with Crippen LogP contribution in [0, 0.1) is 0 Å². The van der Waals surface area contributed by atoms with Crippen molar-refractivity contribution in [1.29, 1.82) is 0 Å². The Bertz CT molecular complexity index is 682. The predicted molar refractivity (Wildman–Crippen MR) is 88.8 cm³/mol. The van der Waals surface area contributed by atoms with E-state index in [1.807, 2.05) is 13.8 Å². The number of aliphatic hydroxyl groups is 1. The summed E-state index contributed by atoms with van der Waals surface area (Å²) < 4.78 is 5.83. The van der Waals surface area contributed by atoms with Crippen LogP contribution in [-0.4, -0.2) is 51.3 Å². The molecule has 1 fully saturated rings. The zero-order chi connectivity index (χ0) is 16.4. The third kappa shape index (κ3) is 3.41. The quantitative estimate of drug-likeness (QED) is 0.620. The Morgan fingerprint density at radius 3 is 2.70 bits per heavy atom. The van der Waals surface area contributed by atoms with Crippen molar-refractivity contribution in [1.82, 2.24) is 19.9 Å². The van der Waals surface area contributed by atoms with Crippen molar-refractivity contribution < 1.29 is 9.84 Å². The number of nitrogens with zero attached hydrogens (tertiary/aromatic N) is 4. The molecule has 0 saturated carbocycles. The number of fused-ring (bicyclic) bond motifs is 1. The molecule has 0 aromatic carbocycles. The van der Waals surface area contributed by atoms with Gasteiger partial charge in [0.2, 0.25) is 5.28 Å². The van der Waals surface area contributed by atoms with Crippen molar-refractivity contribution in [2.45, 2.75) is 38.7 Å². The second-order valence-electron chi connectivity index (χ2n) is 6.23. The van der Waals surface area contributed by atoms with Gasteiger partial charge in [0, 0.05) is 19.7 Å². The number of aliphatic hydroxyl groups excluding tert-OH is 1. The second-order valence-corrected chi connectivity index (χ2v) is 6.57. The van der Waals surface area contributed by atoms with Crippen molar-refractivity contribution in [3.63, 3.8) is 0 Å². The van der Waals surface area contributed by atoms with Gasteiger partial charge in [-0.05, 0) is 44.7 Å². The number of imidazole rings is 1. The molecule has 3 heterocycles. The molecule has 0 spiro atoms. The van der Waals surface area contributed by atoms with Crippen LogP contribution in [0.3, 0.4) is 0 Å². The van der Waals surface area contributed by atoms with Gasteiger partial charge in [0.1, 0.15) is 11.4 Å². The first kappa shape index (κ1) is 16.4. The average molecular weight is 340 g/mol. The maximum Gasteiger partial charge on any atom is 0.226 e. The largest absolute Gasteiger partial charge is 0.396 e. The fourth-order valence-corrected chi connectivity index (χ4v) is 2.92. The summed E-state index contributed by atoms with van der Waals surface area (Å²) in [5.41, 5.74) is 0.746. The van der Waals surface area contributed by atoms with Crippen LogP contribution in [0.1, 0.15) is 38.9 Å². The Labute approximate surface area is 140 Å². The molecule has 1 aliphatic heterocycles. The summed E-state index contributed by atoms with van der Waals surface area (Å²) in [6.07, 6.45) is 2.89. The minimum Gasteiger partial charge on any atom is -0.396 e. The third-order valence-corrected chi connectivity index (χ3v) is 4.21. The predicted octanol–water partition coefficient (Wildman–Crippen LogP) is 2.24. The Hall–Kier alpha value is -1.44. The van der Waals surface area contributed by atoms with Crippen LogP contribution in [0.2, 0.25) is 5.28 Å². The van der Waals surface area contributed by atoms with Crippen LogP contribution >= 0.6 is 11.6 Å². The van der Waals surface area contributed by atoms with Gasteiger partial charge in [0.25, 0.3) is 0 Å². The van der Waals surface area contributed by atoms with E-state index < -0.39 is 5.60 Å². The van der Waals surface area contributed by atoms with E-state index in [1.165, 1.54) is 0 Å². The number of hydrogen-bond acceptors (Lipinski definition) is 6. The van der Waals surface area contributed by atoms with Crippen molar-refractivity contribution in [3.8, 4) is 0 Å². The Morgan fingerprint density at radius 2 is 2.00 bits per heavy atom. The Morgan fingerprint density at radius 1 is 1.26 bits per heavy atom. The summed E-state index contributed by atoms with van der Waals surface area (Å²) in [5.74, 6) is 1.47. The number of ether oxygens (including phenoxy) is 1. The van der Waals surface area contributed by atoms with E-state index in [2.05, 4.69) is 24.8 Å². The van der Waals surface area contributed by atoms with Crippen molar-refractivity contribution in [2.24, 2.45) is 0 Å². The van der Waals surface area contributed by atoms with E-state index >= 15 is 0 Å². The SMILES string of the molecule is CC(C)(OCCCO)c1nc2c(N3CCCC3)nc(Cl)nc2[nH]1. The van der Waals surface area contributed by atoms with Crippen LogP contribution in [0.15, 0.2) is 0 Å². The van der Waals surface area contributed by atoms with Crippen molar-refractivity contribution >= 4 is 28.6 Å². The van der Waals surface area contributed by atoms with Crippen LogP contribution in [-0.2, 0) is 10.3 Å². The Balaban J connectivity index is 1.96. The first-order valence-electron chi connectivity index (χ1n) is 7.95. The standard InChI is InChI=1S/C15H22ClN5O2/c1-15(2,23-9-5-8-22)13-17-10-11(18-13)19-14(16)20-12(10)21-6-3-4-7-21/h22H,3-9H2,1-2H3,(H,17,18,19,20). The molecule has 23 heavy (non-hydrogen) atoms. The fraction of sp³-hybridized carbons (Fsp3) is 0.667. The van der Waals surface area contributed by atoms with Gasteiger partial charge >= 0.3 is 0 Å². The molecule has 0 unspecified atom stereocenters. The molecular weight excluding hydrogens is 318 g/mol. The summed E-state index contributed by atoms with van der Waals surface area (Å²) in [7, 11) is 0. The fourth-order valence-electron chi connectivity index (χ4n) is 2.75. The molecule has 2 aromatic heterocycles. The molecule has 0 bridgehead atoms. The topological polar surface area (TPSA) is 87.2 Å². The van der Waals surface area contributed by atoms with Crippen LogP contribution in [0.5, 0.6) is 0 Å². The number of hydrogen-bond donors (Lipinski definition) is 2. The monoisotopic (exact) mass is 339 g/mol. The van der Waals surface area contributed by atoms with Crippen molar-refractivity contribution in [3.05, 3.63) is 11.1 Å². The Kier molecular flexibility index (Phi) is 4.70. The summed E-state index contributed by atoms with van der Waals surface area (Å²) in [6.45, 7) is 6.36. The molecule has 0 aliphatic carbocycles. The van der Waals surface area contributed by atoms with Gasteiger partial charge in [-0.1, -0.05) is 0 Å². The van der Waals surface area contributed by atoms with Gasteiger partial charge in [0.15, 0.2) is 17.0 Å². The van der Waals surface area contributed by atoms with Gasteiger partial charge in [0.05, 0.1) is 6.61 Å². The van der Waals surface area contributed by atoms with Crippen molar-refractivity contribution in [2.75, 3.05) is 31.2 Å². The maximum atomic E-state index is 8.89. The molecule has 0 amide bonds. The third-order valence-electron chi connectivity index (χ3n) is 4.04. The number of halogens is 1. The molecule has 0 atom stereocenters. The highest BCUT2D eigenvalue weighted by molar-refractivity contribution is 6.28. The smallest absolute Gasteiger partial charge is 0.226 e. The van der Waals surface area contributed by atoms with Crippen LogP contribution < -0.4 is 4.90 Å². The highest BCUT2D eigenvalue weighted by Crippen LogP contribution is 2.30. The normalized spacial score (nSPS) is 15.7. The number of aromatic amines is 1. The second kappa shape index (κ2) is 6.59. The van der Waals surface area contributed by atoms with Gasteiger partial charge in [-0.2, -0.15) is 9.97 Å². The molecule has 0 radical (unpaired) electrons. The lowest BCUT2D eigenvalue weighted by molar-refractivity contribution is -0.0323. The van der Waals surface area contributed by atoms with E-state index in [-0.39, 0.29) is 11.9 Å². The maximum absolute atomic E-state index is 8.89. The van der Waals surface area contributed by atoms with Crippen LogP contribution in [0.4, 0.5) is 5.82 Å². The lowest BCUT2D eigenvalue weighted by Gasteiger charge is -2.22. The molecule has 8 heteroatoms. The van der Waals surface area contributed by atoms with Gasteiger partial charge < -0.3 is 19.7 Å². The van der Waals surface area contributed by atoms with E-state index in [0.717, 1.165) is 37.3 Å². The average Bonchev–Trinajstić information content (AvgIpc) is 3.16. The lowest BCUT2D eigenvalue weighted by Crippen LogP contribution is -2.24.